The van der Waals surface area contributed by atoms with Gasteiger partial charge in [-0.15, -0.1) is 0 Å². The van der Waals surface area contributed by atoms with Crippen LogP contribution in [-0.4, -0.2) is 41.8 Å². The summed E-state index contributed by atoms with van der Waals surface area (Å²) in [5, 5.41) is 13.5. The van der Waals surface area contributed by atoms with E-state index in [1.165, 1.54) is 25.7 Å². The summed E-state index contributed by atoms with van der Waals surface area (Å²) in [6, 6.07) is 0.565. The molecule has 2 rings (SSSR count). The molecule has 2 fully saturated rings. The van der Waals surface area contributed by atoms with Crippen LogP contribution in [-0.2, 0) is 9.59 Å². The molecule has 1 amide bonds. The number of aliphatic carboxylic acids is 1. The summed E-state index contributed by atoms with van der Waals surface area (Å²) in [6.07, 6.45) is 1.99. The Morgan fingerprint density at radius 3 is 2.05 bits per heavy atom. The topological polar surface area (TPSA) is 78.4 Å². The Labute approximate surface area is 114 Å². The third kappa shape index (κ3) is 5.77. The molecule has 8 heteroatoms. The van der Waals surface area contributed by atoms with Crippen LogP contribution in [0.2, 0.25) is 0 Å². The first-order chi connectivity index (χ1) is 9.30. The van der Waals surface area contributed by atoms with Gasteiger partial charge in [-0.25, -0.2) is 4.79 Å². The van der Waals surface area contributed by atoms with E-state index >= 15 is 0 Å². The summed E-state index contributed by atoms with van der Waals surface area (Å²) in [5.41, 5.74) is 0. The van der Waals surface area contributed by atoms with Gasteiger partial charge in [0.15, 0.2) is 0 Å². The number of hydrogen-bond acceptors (Lipinski definition) is 3. The molecule has 2 aliphatic rings. The zero-order valence-electron chi connectivity index (χ0n) is 11.0. The first kappa shape index (κ1) is 16.7. The highest BCUT2D eigenvalue weighted by atomic mass is 19.4. The van der Waals surface area contributed by atoms with E-state index in [2.05, 4.69) is 10.6 Å². The van der Waals surface area contributed by atoms with Gasteiger partial charge in [0.25, 0.3) is 0 Å². The Hall–Kier alpha value is -1.31. The van der Waals surface area contributed by atoms with Crippen molar-refractivity contribution in [2.24, 2.45) is 0 Å². The number of hydrogen-bond donors (Lipinski definition) is 3. The lowest BCUT2D eigenvalue weighted by atomic mass is 10.2. The SMILES string of the molecule is O=C(NC1CCCC1)[C@@H]1CCCN1.O=C(O)C(F)(F)F. The maximum Gasteiger partial charge on any atom is 0.490 e. The van der Waals surface area contributed by atoms with Crippen molar-refractivity contribution in [3.05, 3.63) is 0 Å². The van der Waals surface area contributed by atoms with Crippen molar-refractivity contribution in [1.29, 1.82) is 0 Å². The summed E-state index contributed by atoms with van der Waals surface area (Å²) < 4.78 is 31.7. The Morgan fingerprint density at radius 1 is 1.10 bits per heavy atom. The van der Waals surface area contributed by atoms with Crippen LogP contribution in [0.4, 0.5) is 13.2 Å². The van der Waals surface area contributed by atoms with Crippen molar-refractivity contribution in [3.8, 4) is 0 Å². The molecule has 0 unspecified atom stereocenters. The fraction of sp³-hybridized carbons (Fsp3) is 0.833. The van der Waals surface area contributed by atoms with E-state index in [-0.39, 0.29) is 11.9 Å². The molecule has 0 bridgehead atoms. The van der Waals surface area contributed by atoms with Crippen molar-refractivity contribution in [3.63, 3.8) is 0 Å². The summed E-state index contributed by atoms with van der Waals surface area (Å²) >= 11 is 0. The van der Waals surface area contributed by atoms with Gasteiger partial charge in [0.1, 0.15) is 0 Å². The number of nitrogens with one attached hydrogen (secondary N) is 2. The van der Waals surface area contributed by atoms with E-state index in [9.17, 15) is 18.0 Å². The standard InChI is InChI=1S/C10H18N2O.C2HF3O2/c13-10(9-6-3-7-11-9)12-8-4-1-2-5-8;3-2(4,5)1(6)7/h8-9,11H,1-7H2,(H,12,13);(H,6,7)/t9-;/m0./s1. The van der Waals surface area contributed by atoms with E-state index in [0.717, 1.165) is 19.4 Å². The first-order valence-corrected chi connectivity index (χ1v) is 6.64. The maximum atomic E-state index is 11.6. The van der Waals surface area contributed by atoms with Crippen molar-refractivity contribution < 1.29 is 27.9 Å². The van der Waals surface area contributed by atoms with Crippen molar-refractivity contribution in [2.45, 2.75) is 56.8 Å². The Morgan fingerprint density at radius 2 is 1.65 bits per heavy atom. The van der Waals surface area contributed by atoms with E-state index in [0.29, 0.717) is 6.04 Å². The normalized spacial score (nSPS) is 23.1. The average molecular weight is 296 g/mol. The van der Waals surface area contributed by atoms with Crippen LogP contribution in [0.15, 0.2) is 0 Å². The number of carboxylic acids is 1. The predicted molar refractivity (Wildman–Crippen MR) is 65.1 cm³/mol. The number of carbonyl (C=O) groups excluding carboxylic acids is 1. The third-order valence-corrected chi connectivity index (χ3v) is 3.32. The molecule has 1 saturated carbocycles. The number of rotatable bonds is 2. The fourth-order valence-corrected chi connectivity index (χ4v) is 2.28. The second kappa shape index (κ2) is 7.47. The molecule has 0 spiro atoms. The molecule has 1 saturated heterocycles. The zero-order chi connectivity index (χ0) is 15.2. The Bertz CT molecular complexity index is 335. The first-order valence-electron chi connectivity index (χ1n) is 6.64. The van der Waals surface area contributed by atoms with Crippen LogP contribution in [0, 0.1) is 0 Å². The van der Waals surface area contributed by atoms with E-state index in [1.807, 2.05) is 0 Å². The molecule has 3 N–H and O–H groups in total. The van der Waals surface area contributed by atoms with Gasteiger partial charge in [0.05, 0.1) is 6.04 Å². The quantitative estimate of drug-likeness (QED) is 0.720. The van der Waals surface area contributed by atoms with Crippen molar-refractivity contribution >= 4 is 11.9 Å². The largest absolute Gasteiger partial charge is 0.490 e. The highest BCUT2D eigenvalue weighted by Gasteiger charge is 2.38. The second-order valence-corrected chi connectivity index (χ2v) is 4.94. The van der Waals surface area contributed by atoms with Crippen LogP contribution >= 0.6 is 0 Å². The van der Waals surface area contributed by atoms with Gasteiger partial charge in [0.2, 0.25) is 5.91 Å². The van der Waals surface area contributed by atoms with Crippen LogP contribution in [0.1, 0.15) is 38.5 Å². The molecule has 20 heavy (non-hydrogen) atoms. The van der Waals surface area contributed by atoms with Gasteiger partial charge in [-0.05, 0) is 32.2 Å². The Kier molecular flexibility index (Phi) is 6.25. The molecule has 0 aromatic heterocycles. The minimum Gasteiger partial charge on any atom is -0.475 e. The third-order valence-electron chi connectivity index (χ3n) is 3.32. The van der Waals surface area contributed by atoms with Gasteiger partial charge in [-0.2, -0.15) is 13.2 Å². The number of amides is 1. The lowest BCUT2D eigenvalue weighted by Crippen LogP contribution is -2.44. The number of carbonyl (C=O) groups is 2. The number of halogens is 3. The molecule has 116 valence electrons. The molecule has 1 atom stereocenters. The fourth-order valence-electron chi connectivity index (χ4n) is 2.28. The molecular formula is C12H19F3N2O3. The average Bonchev–Trinajstić information content (AvgIpc) is 3.00. The van der Waals surface area contributed by atoms with E-state index in [4.69, 9.17) is 9.90 Å². The minimum atomic E-state index is -5.08. The maximum absolute atomic E-state index is 11.6. The van der Waals surface area contributed by atoms with Crippen LogP contribution in [0.25, 0.3) is 0 Å². The van der Waals surface area contributed by atoms with Crippen LogP contribution in [0.5, 0.6) is 0 Å². The molecule has 1 aliphatic carbocycles. The van der Waals surface area contributed by atoms with E-state index in [1.54, 1.807) is 0 Å². The summed E-state index contributed by atoms with van der Waals surface area (Å²) in [4.78, 5) is 20.5. The summed E-state index contributed by atoms with van der Waals surface area (Å²) in [5.74, 6) is -2.53. The predicted octanol–water partition coefficient (Wildman–Crippen LogP) is 1.43. The summed E-state index contributed by atoms with van der Waals surface area (Å²) in [7, 11) is 0. The molecule has 5 nitrogen and oxygen atoms in total. The van der Waals surface area contributed by atoms with Gasteiger partial charge in [-0.1, -0.05) is 12.8 Å². The Balaban J connectivity index is 0.000000246. The molecule has 0 aromatic carbocycles. The van der Waals surface area contributed by atoms with Gasteiger partial charge in [0, 0.05) is 6.04 Å². The summed E-state index contributed by atoms with van der Waals surface area (Å²) in [6.45, 7) is 1.00. The zero-order valence-corrected chi connectivity index (χ0v) is 11.0. The molecule has 1 aliphatic heterocycles. The molecule has 0 aromatic rings. The molecule has 1 heterocycles. The number of carboxylic acid groups (broad SMARTS) is 1. The van der Waals surface area contributed by atoms with Gasteiger partial charge in [-0.3, -0.25) is 4.79 Å². The van der Waals surface area contributed by atoms with Crippen molar-refractivity contribution in [2.75, 3.05) is 6.54 Å². The van der Waals surface area contributed by atoms with E-state index < -0.39 is 12.1 Å². The number of alkyl halides is 3. The lowest BCUT2D eigenvalue weighted by Gasteiger charge is -2.15. The molecular weight excluding hydrogens is 277 g/mol. The van der Waals surface area contributed by atoms with Crippen molar-refractivity contribution in [1.82, 2.24) is 10.6 Å². The molecule has 0 radical (unpaired) electrons. The van der Waals surface area contributed by atoms with Gasteiger partial charge >= 0.3 is 12.1 Å². The highest BCUT2D eigenvalue weighted by molar-refractivity contribution is 5.82. The smallest absolute Gasteiger partial charge is 0.475 e. The van der Waals surface area contributed by atoms with Gasteiger partial charge < -0.3 is 15.7 Å². The highest BCUT2D eigenvalue weighted by Crippen LogP contribution is 2.18. The second-order valence-electron chi connectivity index (χ2n) is 4.94. The lowest BCUT2D eigenvalue weighted by molar-refractivity contribution is -0.192. The van der Waals surface area contributed by atoms with Crippen LogP contribution < -0.4 is 10.6 Å². The van der Waals surface area contributed by atoms with Crippen LogP contribution in [0.3, 0.4) is 0 Å². The minimum absolute atomic E-state index is 0.0978. The monoisotopic (exact) mass is 296 g/mol.